The maximum absolute atomic E-state index is 13.9. The molecule has 0 radical (unpaired) electrons. The van der Waals surface area contributed by atoms with Crippen LogP contribution in [-0.2, 0) is 17.9 Å². The number of likely N-dealkylation sites (tertiary alicyclic amines) is 1. The minimum atomic E-state index is -0.234. The molecule has 0 bridgehead atoms. The van der Waals surface area contributed by atoms with Crippen molar-refractivity contribution in [1.82, 2.24) is 25.0 Å². The highest BCUT2D eigenvalue weighted by Crippen LogP contribution is 2.29. The summed E-state index contributed by atoms with van der Waals surface area (Å²) < 4.78 is 16.2. The van der Waals surface area contributed by atoms with Crippen LogP contribution in [0.25, 0.3) is 0 Å². The number of fused-ring (bicyclic) bond motifs is 1. The Morgan fingerprint density at radius 3 is 2.75 bits per heavy atom. The quantitative estimate of drug-likeness (QED) is 0.846. The fourth-order valence-electron chi connectivity index (χ4n) is 4.18. The fourth-order valence-corrected chi connectivity index (χ4v) is 4.18. The van der Waals surface area contributed by atoms with Crippen molar-refractivity contribution in [2.24, 2.45) is 0 Å². The van der Waals surface area contributed by atoms with Gasteiger partial charge in [0.1, 0.15) is 17.5 Å². The molecular weight excluding hydrogens is 381 g/mol. The molecule has 0 spiro atoms. The molecule has 0 aliphatic carbocycles. The molecule has 2 aliphatic rings. The first-order valence-electron chi connectivity index (χ1n) is 9.78. The third-order valence-corrected chi connectivity index (χ3v) is 5.78. The van der Waals surface area contributed by atoms with Crippen LogP contribution in [0, 0.1) is 5.82 Å². The number of aromatic nitrogens is 3. The Morgan fingerprint density at radius 2 is 2.00 bits per heavy atom. The zero-order valence-corrected chi connectivity index (χ0v) is 16.9. The number of nitrogens with zero attached hydrogens (tertiary/aromatic N) is 4. The SMILES string of the molecule is CC(CC(=O)N1CCC(c2nnc3n2CCNC3)CC1)c1ccccc1F.Cl. The lowest BCUT2D eigenvalue weighted by atomic mass is 9.93. The van der Waals surface area contributed by atoms with Crippen molar-refractivity contribution in [1.29, 1.82) is 0 Å². The molecule has 2 aromatic rings. The molecule has 1 N–H and O–H groups in total. The van der Waals surface area contributed by atoms with Gasteiger partial charge in [0.25, 0.3) is 0 Å². The number of carbonyl (C=O) groups excluding carboxylic acids is 1. The van der Waals surface area contributed by atoms with Gasteiger partial charge in [-0.2, -0.15) is 0 Å². The number of amides is 1. The van der Waals surface area contributed by atoms with E-state index < -0.39 is 0 Å². The van der Waals surface area contributed by atoms with Crippen molar-refractivity contribution in [2.45, 2.75) is 51.1 Å². The van der Waals surface area contributed by atoms with Gasteiger partial charge in [0.2, 0.25) is 5.91 Å². The highest BCUT2D eigenvalue weighted by Gasteiger charge is 2.29. The van der Waals surface area contributed by atoms with E-state index in [-0.39, 0.29) is 30.0 Å². The summed E-state index contributed by atoms with van der Waals surface area (Å²) in [5.41, 5.74) is 0.615. The van der Waals surface area contributed by atoms with Crippen LogP contribution in [-0.4, -0.2) is 45.2 Å². The molecule has 1 saturated heterocycles. The van der Waals surface area contributed by atoms with Gasteiger partial charge in [0, 0.05) is 38.5 Å². The maximum Gasteiger partial charge on any atom is 0.223 e. The molecule has 1 atom stereocenters. The molecular formula is C20H27ClFN5O. The van der Waals surface area contributed by atoms with Crippen molar-refractivity contribution in [2.75, 3.05) is 19.6 Å². The summed E-state index contributed by atoms with van der Waals surface area (Å²) in [7, 11) is 0. The van der Waals surface area contributed by atoms with Crippen molar-refractivity contribution in [3.05, 3.63) is 47.3 Å². The summed E-state index contributed by atoms with van der Waals surface area (Å²) >= 11 is 0. The molecule has 1 fully saturated rings. The van der Waals surface area contributed by atoms with E-state index in [1.165, 1.54) is 6.07 Å². The first kappa shape index (κ1) is 20.7. The third-order valence-electron chi connectivity index (χ3n) is 5.78. The van der Waals surface area contributed by atoms with Crippen molar-refractivity contribution in [3.63, 3.8) is 0 Å². The predicted molar refractivity (Wildman–Crippen MR) is 107 cm³/mol. The number of piperidine rings is 1. The predicted octanol–water partition coefficient (Wildman–Crippen LogP) is 2.84. The van der Waals surface area contributed by atoms with Crippen molar-refractivity contribution >= 4 is 18.3 Å². The Kier molecular flexibility index (Phi) is 6.67. The van der Waals surface area contributed by atoms with Gasteiger partial charge in [-0.3, -0.25) is 4.79 Å². The van der Waals surface area contributed by atoms with E-state index in [0.29, 0.717) is 17.9 Å². The number of benzene rings is 1. The summed E-state index contributed by atoms with van der Waals surface area (Å²) in [5, 5.41) is 12.0. The van der Waals surface area contributed by atoms with Gasteiger partial charge in [0.05, 0.1) is 6.54 Å². The average Bonchev–Trinajstić information content (AvgIpc) is 3.12. The van der Waals surface area contributed by atoms with Crippen LogP contribution in [0.4, 0.5) is 4.39 Å². The van der Waals surface area contributed by atoms with Crippen LogP contribution in [0.5, 0.6) is 0 Å². The lowest BCUT2D eigenvalue weighted by molar-refractivity contribution is -0.132. The van der Waals surface area contributed by atoms with E-state index in [2.05, 4.69) is 20.1 Å². The Hall–Kier alpha value is -1.99. The monoisotopic (exact) mass is 407 g/mol. The number of rotatable bonds is 4. The van der Waals surface area contributed by atoms with Crippen LogP contribution >= 0.6 is 12.4 Å². The fraction of sp³-hybridized carbons (Fsp3) is 0.550. The standard InChI is InChI=1S/C20H26FN5O.ClH/c1-14(16-4-2-3-5-17(16)21)12-19(27)25-9-6-15(7-10-25)20-24-23-18-13-22-8-11-26(18)20;/h2-5,14-15,22H,6-13H2,1H3;1H. The normalized spacial score (nSPS) is 18.3. The second-order valence-electron chi connectivity index (χ2n) is 7.58. The van der Waals surface area contributed by atoms with Crippen LogP contribution in [0.1, 0.15) is 55.2 Å². The van der Waals surface area contributed by atoms with E-state index in [9.17, 15) is 9.18 Å². The van der Waals surface area contributed by atoms with Crippen molar-refractivity contribution < 1.29 is 9.18 Å². The summed E-state index contributed by atoms with van der Waals surface area (Å²) in [5.74, 6) is 2.19. The highest BCUT2D eigenvalue weighted by atomic mass is 35.5. The number of nitrogens with one attached hydrogen (secondary N) is 1. The minimum absolute atomic E-state index is 0. The van der Waals surface area contributed by atoms with Gasteiger partial charge >= 0.3 is 0 Å². The van der Waals surface area contributed by atoms with Crippen LogP contribution in [0.2, 0.25) is 0 Å². The Bertz CT molecular complexity index is 819. The molecule has 1 aromatic carbocycles. The second kappa shape index (κ2) is 9.01. The van der Waals surface area contributed by atoms with Gasteiger partial charge in [0.15, 0.2) is 0 Å². The molecule has 8 heteroatoms. The molecule has 2 aliphatic heterocycles. The highest BCUT2D eigenvalue weighted by molar-refractivity contribution is 5.85. The van der Waals surface area contributed by atoms with Crippen LogP contribution in [0.15, 0.2) is 24.3 Å². The number of hydrogen-bond acceptors (Lipinski definition) is 4. The smallest absolute Gasteiger partial charge is 0.223 e. The lowest BCUT2D eigenvalue weighted by Crippen LogP contribution is -2.39. The molecule has 1 unspecified atom stereocenters. The van der Waals surface area contributed by atoms with Crippen molar-refractivity contribution in [3.8, 4) is 0 Å². The van der Waals surface area contributed by atoms with Gasteiger partial charge in [-0.25, -0.2) is 4.39 Å². The summed E-state index contributed by atoms with van der Waals surface area (Å²) in [4.78, 5) is 14.6. The zero-order valence-electron chi connectivity index (χ0n) is 16.1. The van der Waals surface area contributed by atoms with E-state index in [4.69, 9.17) is 0 Å². The minimum Gasteiger partial charge on any atom is -0.343 e. The number of hydrogen-bond donors (Lipinski definition) is 1. The summed E-state index contributed by atoms with van der Waals surface area (Å²) in [6.07, 6.45) is 2.16. The van der Waals surface area contributed by atoms with Gasteiger partial charge in [-0.15, -0.1) is 22.6 Å². The number of carbonyl (C=O) groups is 1. The molecule has 1 aromatic heterocycles. The lowest BCUT2D eigenvalue weighted by Gasteiger charge is -2.32. The Labute approximate surface area is 170 Å². The largest absolute Gasteiger partial charge is 0.343 e. The van der Waals surface area contributed by atoms with E-state index >= 15 is 0 Å². The third kappa shape index (κ3) is 4.20. The molecule has 152 valence electrons. The first-order valence-corrected chi connectivity index (χ1v) is 9.78. The van der Waals surface area contributed by atoms with Gasteiger partial charge in [-0.05, 0) is 30.4 Å². The molecule has 4 rings (SSSR count). The number of halogens is 2. The Balaban J connectivity index is 0.00000225. The Morgan fingerprint density at radius 1 is 1.25 bits per heavy atom. The molecule has 0 saturated carbocycles. The summed E-state index contributed by atoms with van der Waals surface area (Å²) in [6.45, 7) is 6.01. The second-order valence-corrected chi connectivity index (χ2v) is 7.58. The molecule has 3 heterocycles. The molecule has 1 amide bonds. The van der Waals surface area contributed by atoms with E-state index in [1.54, 1.807) is 12.1 Å². The van der Waals surface area contributed by atoms with Gasteiger partial charge < -0.3 is 14.8 Å². The molecule has 28 heavy (non-hydrogen) atoms. The maximum atomic E-state index is 13.9. The zero-order chi connectivity index (χ0) is 18.8. The molecule has 6 nitrogen and oxygen atoms in total. The van der Waals surface area contributed by atoms with Gasteiger partial charge in [-0.1, -0.05) is 25.1 Å². The van der Waals surface area contributed by atoms with Crippen LogP contribution in [0.3, 0.4) is 0 Å². The van der Waals surface area contributed by atoms with Crippen LogP contribution < -0.4 is 5.32 Å². The first-order chi connectivity index (χ1) is 13.1. The topological polar surface area (TPSA) is 63.1 Å². The van der Waals surface area contributed by atoms with E-state index in [1.807, 2.05) is 17.9 Å². The average molecular weight is 408 g/mol. The van der Waals surface area contributed by atoms with E-state index in [0.717, 1.165) is 57.2 Å². The summed E-state index contributed by atoms with van der Waals surface area (Å²) in [6, 6.07) is 6.72.